The molecule has 0 saturated carbocycles. The van der Waals surface area contributed by atoms with Crippen LogP contribution in [0.4, 0.5) is 0 Å². The Labute approximate surface area is 192 Å². The fourth-order valence-corrected chi connectivity index (χ4v) is 3.39. The zero-order valence-electron chi connectivity index (χ0n) is 25.2. The van der Waals surface area contributed by atoms with Crippen LogP contribution in [-0.2, 0) is 6.37 Å². The van der Waals surface area contributed by atoms with E-state index < -0.39 is 29.9 Å². The van der Waals surface area contributed by atoms with Gasteiger partial charge in [-0.3, -0.25) is 4.98 Å². The van der Waals surface area contributed by atoms with Crippen molar-refractivity contribution < 1.29 is 8.22 Å². The van der Waals surface area contributed by atoms with Crippen LogP contribution in [0.2, 0.25) is 0 Å². The Bertz CT molecular complexity index is 1230. The van der Waals surface area contributed by atoms with E-state index >= 15 is 0 Å². The van der Waals surface area contributed by atoms with Crippen molar-refractivity contribution in [1.29, 1.82) is 0 Å². The van der Waals surface area contributed by atoms with E-state index in [1.54, 1.807) is 18.3 Å². The van der Waals surface area contributed by atoms with Gasteiger partial charge < -0.3 is 0 Å². The topological polar surface area (TPSA) is 12.9 Å². The largest absolute Gasteiger partial charge is 0.256 e. The zero-order chi connectivity index (χ0) is 27.3. The molecule has 0 N–H and O–H groups in total. The molecule has 0 bridgehead atoms. The Morgan fingerprint density at radius 2 is 1.67 bits per heavy atom. The van der Waals surface area contributed by atoms with Gasteiger partial charge in [-0.2, -0.15) is 0 Å². The lowest BCUT2D eigenvalue weighted by Crippen LogP contribution is -2.19. The number of benzene rings is 2. The Morgan fingerprint density at radius 3 is 2.27 bits per heavy atom. The van der Waals surface area contributed by atoms with Crippen molar-refractivity contribution in [2.45, 2.75) is 67.6 Å². The first-order valence-electron chi connectivity index (χ1n) is 13.5. The third-order valence-electron chi connectivity index (χ3n) is 5.34. The summed E-state index contributed by atoms with van der Waals surface area (Å²) < 4.78 is 51.3. The van der Waals surface area contributed by atoms with Gasteiger partial charge in [0.1, 0.15) is 0 Å². The minimum Gasteiger partial charge on any atom is -0.256 e. The van der Waals surface area contributed by atoms with E-state index in [0.717, 1.165) is 11.1 Å². The average Bonchev–Trinajstić information content (AvgIpc) is 2.76. The van der Waals surface area contributed by atoms with Crippen molar-refractivity contribution in [3.8, 4) is 22.4 Å². The summed E-state index contributed by atoms with van der Waals surface area (Å²) >= 11 is 0. The van der Waals surface area contributed by atoms with Gasteiger partial charge in [0.25, 0.3) is 0 Å². The van der Waals surface area contributed by atoms with Crippen LogP contribution in [0.1, 0.15) is 79.3 Å². The molecule has 158 valence electrons. The summed E-state index contributed by atoms with van der Waals surface area (Å²) in [5.41, 5.74) is 2.77. The second-order valence-corrected chi connectivity index (χ2v) is 9.99. The van der Waals surface area contributed by atoms with Gasteiger partial charge >= 0.3 is 0 Å². The molecule has 30 heavy (non-hydrogen) atoms. The van der Waals surface area contributed by atoms with Crippen LogP contribution >= 0.6 is 0 Å². The lowest BCUT2D eigenvalue weighted by molar-refractivity contribution is 0.334. The molecule has 0 amide bonds. The second kappa shape index (κ2) is 8.38. The monoisotopic (exact) mass is 405 g/mol. The Kier molecular flexibility index (Phi) is 4.30. The maximum Gasteiger partial charge on any atom is 0.0705 e. The van der Waals surface area contributed by atoms with Crippen LogP contribution in [0.5, 0.6) is 0 Å². The molecular formula is C29H37N. The molecule has 1 heterocycles. The molecule has 1 unspecified atom stereocenters. The van der Waals surface area contributed by atoms with Gasteiger partial charge in [-0.25, -0.2) is 0 Å². The zero-order valence-corrected chi connectivity index (χ0v) is 19.2. The molecule has 0 aliphatic carbocycles. The van der Waals surface area contributed by atoms with Crippen molar-refractivity contribution in [1.82, 2.24) is 4.98 Å². The summed E-state index contributed by atoms with van der Waals surface area (Å²) in [6, 6.07) is 16.4. The maximum absolute atomic E-state index is 9.33. The predicted octanol–water partition coefficient (Wildman–Crippen LogP) is 8.46. The molecule has 1 atom stereocenters. The summed E-state index contributed by atoms with van der Waals surface area (Å²) in [6.45, 7) is 11.0. The van der Waals surface area contributed by atoms with Crippen LogP contribution in [0.25, 0.3) is 22.4 Å². The molecule has 3 aromatic rings. The molecular weight excluding hydrogens is 362 g/mol. The quantitative estimate of drug-likeness (QED) is 0.424. The van der Waals surface area contributed by atoms with Crippen LogP contribution in [-0.4, -0.2) is 4.98 Å². The van der Waals surface area contributed by atoms with Gasteiger partial charge in [0, 0.05) is 20.0 Å². The van der Waals surface area contributed by atoms with Crippen molar-refractivity contribution in [2.24, 2.45) is 10.8 Å². The number of aromatic nitrogens is 1. The van der Waals surface area contributed by atoms with E-state index in [4.69, 9.17) is 6.85 Å². The first-order chi connectivity index (χ1) is 16.3. The molecule has 0 fully saturated rings. The van der Waals surface area contributed by atoms with Crippen LogP contribution < -0.4 is 0 Å². The summed E-state index contributed by atoms with van der Waals surface area (Å²) in [4.78, 5) is 4.65. The van der Waals surface area contributed by atoms with Gasteiger partial charge in [-0.15, -0.1) is 0 Å². The number of aryl methyl sites for hydroxylation is 1. The second-order valence-electron chi connectivity index (χ2n) is 9.99. The number of nitrogens with zero attached hydrogens (tertiary/aromatic N) is 1. The summed E-state index contributed by atoms with van der Waals surface area (Å²) in [6.07, 6.45) is -0.157. The third kappa shape index (κ3) is 5.19. The predicted molar refractivity (Wildman–Crippen MR) is 131 cm³/mol. The van der Waals surface area contributed by atoms with Gasteiger partial charge in [-0.05, 0) is 69.9 Å². The number of pyridine rings is 1. The number of hydrogen-bond acceptors (Lipinski definition) is 1. The minimum atomic E-state index is -2.28. The minimum absolute atomic E-state index is 0.262. The fraction of sp³-hybridized carbons (Fsp3) is 0.414. The van der Waals surface area contributed by atoms with E-state index in [9.17, 15) is 1.37 Å². The SMILES string of the molecule is [2H]C([2H])([2H])c1ccc(-c2cc(C([2H])(C)C(C)(C)C)c(C([2H])([2H])C(C)(C)C)cn2)cc1-c1ccccc1. The molecule has 0 aliphatic rings. The maximum atomic E-state index is 9.33. The van der Waals surface area contributed by atoms with Crippen molar-refractivity contribution >= 4 is 0 Å². The van der Waals surface area contributed by atoms with Crippen LogP contribution in [0.3, 0.4) is 0 Å². The first kappa shape index (κ1) is 15.4. The summed E-state index contributed by atoms with van der Waals surface area (Å²) in [7, 11) is 0. The van der Waals surface area contributed by atoms with E-state index in [1.807, 2.05) is 90.9 Å². The number of rotatable bonds is 4. The first-order valence-corrected chi connectivity index (χ1v) is 10.5. The van der Waals surface area contributed by atoms with E-state index in [1.165, 1.54) is 0 Å². The van der Waals surface area contributed by atoms with Crippen LogP contribution in [0.15, 0.2) is 60.8 Å². The standard InChI is InChI=1S/C29H37N/c1-20-14-15-23(16-25(20)22-12-10-9-11-13-22)27-17-26(21(2)29(6,7)8)24(19-30-27)18-28(3,4)5/h9-17,19,21H,18H2,1-8H3/i1D3,18D2,21D. The smallest absolute Gasteiger partial charge is 0.0705 e. The average molecular weight is 406 g/mol. The molecule has 1 heteroatoms. The highest BCUT2D eigenvalue weighted by Crippen LogP contribution is 2.39. The highest BCUT2D eigenvalue weighted by molar-refractivity contribution is 5.74. The van der Waals surface area contributed by atoms with E-state index in [0.29, 0.717) is 22.4 Å². The molecule has 0 spiro atoms. The molecule has 1 aromatic heterocycles. The summed E-state index contributed by atoms with van der Waals surface area (Å²) in [5, 5.41) is 0. The van der Waals surface area contributed by atoms with Crippen molar-refractivity contribution in [3.05, 3.63) is 77.5 Å². The molecule has 2 aromatic carbocycles. The molecule has 0 aliphatic heterocycles. The van der Waals surface area contributed by atoms with Gasteiger partial charge in [0.2, 0.25) is 0 Å². The molecule has 0 radical (unpaired) electrons. The van der Waals surface area contributed by atoms with E-state index in [-0.39, 0.29) is 5.56 Å². The highest BCUT2D eigenvalue weighted by Gasteiger charge is 2.26. The van der Waals surface area contributed by atoms with Gasteiger partial charge in [0.15, 0.2) is 0 Å². The Morgan fingerprint density at radius 1 is 0.967 bits per heavy atom. The van der Waals surface area contributed by atoms with Crippen LogP contribution in [0, 0.1) is 17.7 Å². The highest BCUT2D eigenvalue weighted by atomic mass is 14.7. The van der Waals surface area contributed by atoms with Gasteiger partial charge in [-0.1, -0.05) is 90.9 Å². The Hall–Kier alpha value is -2.41. The van der Waals surface area contributed by atoms with Crippen molar-refractivity contribution in [3.63, 3.8) is 0 Å². The Balaban J connectivity index is 2.31. The fourth-order valence-electron chi connectivity index (χ4n) is 3.39. The molecule has 0 saturated heterocycles. The molecule has 3 rings (SSSR count). The van der Waals surface area contributed by atoms with Gasteiger partial charge in [0.05, 0.1) is 5.69 Å². The number of hydrogen-bond donors (Lipinski definition) is 0. The lowest BCUT2D eigenvalue weighted by Gasteiger charge is -2.31. The van der Waals surface area contributed by atoms with Crippen molar-refractivity contribution in [2.75, 3.05) is 0 Å². The van der Waals surface area contributed by atoms with E-state index in [2.05, 4.69) is 4.98 Å². The summed E-state index contributed by atoms with van der Waals surface area (Å²) in [5.74, 6) is -1.11. The molecule has 1 nitrogen and oxygen atoms in total. The third-order valence-corrected chi connectivity index (χ3v) is 5.34. The normalized spacial score (nSPS) is 18.2. The lowest BCUT2D eigenvalue weighted by atomic mass is 9.74.